The fourth-order valence-corrected chi connectivity index (χ4v) is 6.59. The zero-order valence-electron chi connectivity index (χ0n) is 27.3. The Balaban J connectivity index is 1.30. The van der Waals surface area contributed by atoms with Gasteiger partial charge >= 0.3 is 6.18 Å². The number of alkyl halides is 3. The average molecular weight is 669 g/mol. The van der Waals surface area contributed by atoms with Gasteiger partial charge in [-0.1, -0.05) is 62.4 Å². The Labute approximate surface area is 278 Å². The smallest absolute Gasteiger partial charge is 0.350 e. The lowest BCUT2D eigenvalue weighted by Gasteiger charge is -2.46. The number of aryl methyl sites for hydroxylation is 1. The fourth-order valence-electron chi connectivity index (χ4n) is 6.59. The van der Waals surface area contributed by atoms with E-state index in [0.717, 1.165) is 60.1 Å². The summed E-state index contributed by atoms with van der Waals surface area (Å²) in [7, 11) is 0. The van der Waals surface area contributed by atoms with Crippen LogP contribution < -0.4 is 5.32 Å². The van der Waals surface area contributed by atoms with Crippen molar-refractivity contribution in [1.82, 2.24) is 20.0 Å². The second-order valence-electron chi connectivity index (χ2n) is 12.2. The maximum Gasteiger partial charge on any atom is 0.416 e. The molecule has 1 aliphatic carbocycles. The third-order valence-electron chi connectivity index (χ3n) is 9.33. The Kier molecular flexibility index (Phi) is 11.2. The third kappa shape index (κ3) is 8.06. The van der Waals surface area contributed by atoms with E-state index in [1.807, 2.05) is 17.0 Å². The summed E-state index contributed by atoms with van der Waals surface area (Å²) in [6, 6.07) is 16.3. The van der Waals surface area contributed by atoms with Crippen LogP contribution in [0.2, 0.25) is 0 Å². The van der Waals surface area contributed by atoms with Crippen LogP contribution in [-0.2, 0) is 28.7 Å². The number of likely N-dealkylation sites (N-methyl/N-ethyl adjacent to an activating group) is 1. The Morgan fingerprint density at radius 3 is 2.23 bits per heavy atom. The predicted molar refractivity (Wildman–Crippen MR) is 174 cm³/mol. The number of carbonyl (C=O) groups excluding carboxylic acids is 2. The first-order chi connectivity index (χ1) is 23.0. The number of hydrogen-bond acceptors (Lipinski definition) is 4. The Bertz CT molecular complexity index is 1620. The molecule has 0 bridgehead atoms. The quantitative estimate of drug-likeness (QED) is 0.197. The molecule has 1 atom stereocenters. The van der Waals surface area contributed by atoms with Crippen LogP contribution in [0.15, 0.2) is 78.0 Å². The van der Waals surface area contributed by atoms with Crippen molar-refractivity contribution in [3.63, 3.8) is 0 Å². The minimum atomic E-state index is -4.40. The summed E-state index contributed by atoms with van der Waals surface area (Å²) >= 11 is 0. The van der Waals surface area contributed by atoms with Gasteiger partial charge in [-0.15, -0.1) is 0 Å². The van der Waals surface area contributed by atoms with Gasteiger partial charge in [-0.2, -0.15) is 13.2 Å². The molecule has 1 unspecified atom stereocenters. The number of nitrogens with zero attached hydrogens (tertiary/aromatic N) is 3. The molecule has 0 fully saturated rings. The van der Waals surface area contributed by atoms with E-state index in [2.05, 4.69) is 24.1 Å². The van der Waals surface area contributed by atoms with Gasteiger partial charge in [-0.05, 0) is 85.6 Å². The van der Waals surface area contributed by atoms with Crippen molar-refractivity contribution in [2.45, 2.75) is 64.8 Å². The Morgan fingerprint density at radius 1 is 0.917 bits per heavy atom. The van der Waals surface area contributed by atoms with Crippen molar-refractivity contribution in [2.75, 3.05) is 32.7 Å². The second-order valence-corrected chi connectivity index (χ2v) is 12.2. The van der Waals surface area contributed by atoms with Crippen LogP contribution in [0.5, 0.6) is 0 Å². The van der Waals surface area contributed by atoms with Crippen molar-refractivity contribution in [2.24, 2.45) is 0 Å². The van der Waals surface area contributed by atoms with Crippen molar-refractivity contribution in [3.8, 4) is 11.1 Å². The van der Waals surface area contributed by atoms with Crippen molar-refractivity contribution in [3.05, 3.63) is 106 Å². The number of halogens is 5. The molecule has 0 aromatic heterocycles. The lowest BCUT2D eigenvalue weighted by molar-refractivity contribution is -0.138. The van der Waals surface area contributed by atoms with Gasteiger partial charge in [0.25, 0.3) is 5.91 Å². The minimum Gasteiger partial charge on any atom is -0.350 e. The molecule has 5 rings (SSSR count). The van der Waals surface area contributed by atoms with E-state index in [1.54, 1.807) is 23.1 Å². The van der Waals surface area contributed by atoms with Gasteiger partial charge in [0.15, 0.2) is 11.6 Å². The molecule has 0 saturated carbocycles. The fraction of sp³-hybridized carbons (Fsp3) is 0.405. The van der Waals surface area contributed by atoms with Crippen molar-refractivity contribution in [1.29, 1.82) is 0 Å². The number of benzene rings is 3. The number of amides is 2. The molecular weight excluding hydrogens is 627 g/mol. The first-order valence-corrected chi connectivity index (χ1v) is 16.5. The zero-order chi connectivity index (χ0) is 34.4. The topological polar surface area (TPSA) is 55.9 Å². The van der Waals surface area contributed by atoms with Gasteiger partial charge in [-0.3, -0.25) is 9.59 Å². The second kappa shape index (κ2) is 15.3. The summed E-state index contributed by atoms with van der Waals surface area (Å²) in [5.74, 6) is -2.12. The lowest BCUT2D eigenvalue weighted by atomic mass is 10.0. The first kappa shape index (κ1) is 35.1. The Morgan fingerprint density at radius 2 is 1.58 bits per heavy atom. The number of hydrogen-bond donors (Lipinski definition) is 1. The van der Waals surface area contributed by atoms with Crippen LogP contribution in [0.4, 0.5) is 22.0 Å². The summed E-state index contributed by atoms with van der Waals surface area (Å²) in [4.78, 5) is 33.3. The molecule has 1 aliphatic heterocycles. The molecule has 2 aliphatic rings. The maximum atomic E-state index is 14.6. The van der Waals surface area contributed by atoms with Crippen LogP contribution in [-0.4, -0.2) is 65.4 Å². The normalized spacial score (nSPS) is 16.6. The van der Waals surface area contributed by atoms with E-state index in [0.29, 0.717) is 37.9 Å². The van der Waals surface area contributed by atoms with Crippen molar-refractivity contribution >= 4 is 11.8 Å². The molecule has 48 heavy (non-hydrogen) atoms. The molecule has 2 amide bonds. The number of nitrogens with one attached hydrogen (secondary N) is 1. The summed E-state index contributed by atoms with van der Waals surface area (Å²) in [6.45, 7) is 7.08. The average Bonchev–Trinajstić information content (AvgIpc) is 3.58. The van der Waals surface area contributed by atoms with E-state index in [-0.39, 0.29) is 36.9 Å². The van der Waals surface area contributed by atoms with Gasteiger partial charge in [-0.25, -0.2) is 8.78 Å². The number of carbonyl (C=O) groups is 2. The largest absolute Gasteiger partial charge is 0.416 e. The van der Waals surface area contributed by atoms with Gasteiger partial charge in [0, 0.05) is 30.9 Å². The third-order valence-corrected chi connectivity index (χ3v) is 9.33. The highest BCUT2D eigenvalue weighted by molar-refractivity contribution is 5.96. The molecule has 3 aromatic carbocycles. The van der Waals surface area contributed by atoms with Gasteiger partial charge in [0.1, 0.15) is 6.17 Å². The van der Waals surface area contributed by atoms with Gasteiger partial charge < -0.3 is 20.0 Å². The Hall–Kier alpha value is -4.25. The van der Waals surface area contributed by atoms with E-state index in [4.69, 9.17) is 0 Å². The van der Waals surface area contributed by atoms with Gasteiger partial charge in [0.05, 0.1) is 12.1 Å². The molecule has 0 spiro atoms. The number of rotatable bonds is 13. The summed E-state index contributed by atoms with van der Waals surface area (Å²) in [5, 5.41) is 2.97. The van der Waals surface area contributed by atoms with Crippen LogP contribution in [0.1, 0.15) is 56.2 Å². The molecule has 1 N–H and O–H groups in total. The van der Waals surface area contributed by atoms with E-state index < -0.39 is 29.5 Å². The SMILES string of the molecule is CCN(CC)CCN1C(=O)C2=C(CCC2)N(CC(=O)NCc2ccc(-c3ccc(C(F)(F)F)cc3)cc2)C1CCc1cccc(F)c1F. The van der Waals surface area contributed by atoms with Crippen LogP contribution >= 0.6 is 0 Å². The molecule has 3 aromatic rings. The molecule has 256 valence electrons. The monoisotopic (exact) mass is 668 g/mol. The molecule has 11 heteroatoms. The predicted octanol–water partition coefficient (Wildman–Crippen LogP) is 7.15. The molecule has 0 radical (unpaired) electrons. The standard InChI is InChI=1S/C37H41F5N4O2/c1-3-44(4-2)21-22-45-34(20-17-28-7-5-9-31(38)35(28)39)46(32-10-6-8-30(32)36(45)48)24-33(47)43-23-25-11-13-26(14-12-25)27-15-18-29(19-16-27)37(40,41)42/h5,7,9,11-16,18-19,34H,3-4,6,8,10,17,20-24H2,1-2H3,(H,43,47). The summed E-state index contributed by atoms with van der Waals surface area (Å²) < 4.78 is 67.5. The summed E-state index contributed by atoms with van der Waals surface area (Å²) in [6.07, 6.45) is -2.31. The highest BCUT2D eigenvalue weighted by Gasteiger charge is 2.41. The minimum absolute atomic E-state index is 0.00613. The highest BCUT2D eigenvalue weighted by atomic mass is 19.4. The number of allylic oxidation sites excluding steroid dienone is 1. The molecule has 1 heterocycles. The first-order valence-electron chi connectivity index (χ1n) is 16.5. The molecule has 6 nitrogen and oxygen atoms in total. The maximum absolute atomic E-state index is 14.6. The van der Waals surface area contributed by atoms with Crippen LogP contribution in [0.25, 0.3) is 11.1 Å². The zero-order valence-corrected chi connectivity index (χ0v) is 27.3. The van der Waals surface area contributed by atoms with Crippen LogP contribution in [0.3, 0.4) is 0 Å². The van der Waals surface area contributed by atoms with Gasteiger partial charge in [0.2, 0.25) is 5.91 Å². The van der Waals surface area contributed by atoms with E-state index in [1.165, 1.54) is 18.2 Å². The van der Waals surface area contributed by atoms with E-state index >= 15 is 0 Å². The van der Waals surface area contributed by atoms with E-state index in [9.17, 15) is 31.5 Å². The lowest BCUT2D eigenvalue weighted by Crippen LogP contribution is -2.58. The molecular formula is C37H41F5N4O2. The molecule has 0 saturated heterocycles. The van der Waals surface area contributed by atoms with Crippen LogP contribution in [0, 0.1) is 11.6 Å². The van der Waals surface area contributed by atoms with Crippen molar-refractivity contribution < 1.29 is 31.5 Å². The summed E-state index contributed by atoms with van der Waals surface area (Å²) in [5.41, 5.74) is 3.29. The highest BCUT2D eigenvalue weighted by Crippen LogP contribution is 2.38.